The topological polar surface area (TPSA) is 505 Å². The summed E-state index contributed by atoms with van der Waals surface area (Å²) in [6, 6.07) is 7.65. The number of nitrogens with zero attached hydrogens (tertiary/aromatic N) is 6. The van der Waals surface area contributed by atoms with E-state index in [1.54, 1.807) is 0 Å². The van der Waals surface area contributed by atoms with E-state index in [0.717, 1.165) is 36.4 Å². The van der Waals surface area contributed by atoms with Crippen LogP contribution in [0.5, 0.6) is 11.5 Å². The highest BCUT2D eigenvalue weighted by atomic mass is 35.5. The van der Waals surface area contributed by atoms with Crippen molar-refractivity contribution >= 4 is 119 Å². The van der Waals surface area contributed by atoms with E-state index in [9.17, 15) is 88.8 Å². The maximum Gasteiger partial charge on any atom is 0.397 e. The highest BCUT2D eigenvalue weighted by Crippen LogP contribution is 2.39. The van der Waals surface area contributed by atoms with Crippen molar-refractivity contribution in [3.63, 3.8) is 0 Å². The number of aromatic carboxylic acids is 1. The van der Waals surface area contributed by atoms with Gasteiger partial charge < -0.3 is 26.0 Å². The van der Waals surface area contributed by atoms with E-state index in [4.69, 9.17) is 16.2 Å². The minimum atomic E-state index is -5.44. The van der Waals surface area contributed by atoms with Crippen LogP contribution in [0.25, 0.3) is 0 Å². The van der Waals surface area contributed by atoms with Crippen molar-refractivity contribution in [3.8, 4) is 11.5 Å². The van der Waals surface area contributed by atoms with Crippen molar-refractivity contribution in [3.05, 3.63) is 83.1 Å². The normalized spacial score (nSPS) is 13.0. The zero-order chi connectivity index (χ0) is 51.7. The summed E-state index contributed by atoms with van der Waals surface area (Å²) in [4.78, 5) is 18.2. The average Bonchev–Trinajstić information content (AvgIpc) is 3.20. The number of sulfone groups is 1. The molecular weight excluding hydrogens is 1080 g/mol. The van der Waals surface area contributed by atoms with Gasteiger partial charge in [0, 0.05) is 5.56 Å². The third-order valence-electron chi connectivity index (χ3n) is 8.19. The van der Waals surface area contributed by atoms with E-state index < -0.39 is 166 Å². The van der Waals surface area contributed by atoms with Crippen molar-refractivity contribution < 1.29 is 97.6 Å². The third-order valence-corrected chi connectivity index (χ3v) is 13.9. The predicted molar refractivity (Wildman–Crippen MR) is 231 cm³/mol. The number of hydrogen-bond acceptors (Lipinski definition) is 24. The fraction of sp³-hybridized carbons (Fsp3) is 0.0645. The Balaban J connectivity index is 1.59. The van der Waals surface area contributed by atoms with Crippen molar-refractivity contribution in [2.45, 2.75) is 24.5 Å². The summed E-state index contributed by atoms with van der Waals surface area (Å²) in [5.74, 6) is -7.51. The minimum absolute atomic E-state index is 0.228. The number of phenols is 2. The summed E-state index contributed by atoms with van der Waals surface area (Å²) in [5, 5.41) is 46.7. The Morgan fingerprint density at radius 3 is 1.67 bits per heavy atom. The number of halogens is 1. The molecule has 0 spiro atoms. The number of rotatable bonds is 18. The number of nitrogens with one attached hydrogen (secondary N) is 3. The number of hydrazone groups is 1. The van der Waals surface area contributed by atoms with Crippen LogP contribution in [0.1, 0.15) is 15.9 Å². The number of phenolic OH excluding ortho intramolecular Hbond substituents is 2. The highest BCUT2D eigenvalue weighted by Gasteiger charge is 2.27. The molecule has 370 valence electrons. The van der Waals surface area contributed by atoms with Gasteiger partial charge in [0.15, 0.2) is 21.3 Å². The number of carbonyl (C=O) groups is 1. The molecular formula is C31H26ClN9O22S6. The minimum Gasteiger partial charge on any atom is -0.504 e. The average molecular weight is 1100 g/mol. The summed E-state index contributed by atoms with van der Waals surface area (Å²) >= 11 is 6.02. The van der Waals surface area contributed by atoms with Crippen molar-refractivity contribution in [2.24, 2.45) is 15.3 Å². The second-order valence-corrected chi connectivity index (χ2v) is 22.1. The molecule has 0 aliphatic rings. The zero-order valence-corrected chi connectivity index (χ0v) is 38.7. The zero-order valence-electron chi connectivity index (χ0n) is 33.1. The van der Waals surface area contributed by atoms with Crippen LogP contribution in [0.4, 0.5) is 34.6 Å². The SMILES string of the molecule is O=C(O)c1ccc(S(=O)(=O)O)cc1N=NC(=NNc1cc(S(=O)(=O)O)cc(Nc2nc(Cl)nc(Nc3cc(S(=O)(=O)CCOS(=O)(=O)O)cc(S(=O)(=O)O)c3O)n2)c1O)c1ccc(S(=O)(=O)O)cc1. The molecule has 0 atom stereocenters. The molecule has 0 bridgehead atoms. The van der Waals surface area contributed by atoms with Gasteiger partial charge in [-0.3, -0.25) is 28.2 Å². The molecule has 11 N–H and O–H groups in total. The number of aromatic nitrogens is 3. The van der Waals surface area contributed by atoms with Crippen LogP contribution >= 0.6 is 11.6 Å². The molecule has 1 heterocycles. The Morgan fingerprint density at radius 1 is 0.623 bits per heavy atom. The fourth-order valence-electron chi connectivity index (χ4n) is 5.13. The molecule has 0 amide bonds. The smallest absolute Gasteiger partial charge is 0.397 e. The first-order chi connectivity index (χ1) is 31.6. The number of benzene rings is 4. The monoisotopic (exact) mass is 1100 g/mol. The van der Waals surface area contributed by atoms with Crippen LogP contribution in [0.2, 0.25) is 5.28 Å². The summed E-state index contributed by atoms with van der Waals surface area (Å²) in [6.07, 6.45) is 0. The molecule has 0 unspecified atom stereocenters. The van der Waals surface area contributed by atoms with Gasteiger partial charge in [0.25, 0.3) is 40.5 Å². The number of azo groups is 1. The Kier molecular flexibility index (Phi) is 15.3. The second kappa shape index (κ2) is 19.8. The van der Waals surface area contributed by atoms with Gasteiger partial charge in [0.2, 0.25) is 23.0 Å². The lowest BCUT2D eigenvalue weighted by atomic mass is 10.2. The number of anilines is 5. The number of carboxylic acids is 1. The molecule has 69 heavy (non-hydrogen) atoms. The van der Waals surface area contributed by atoms with Gasteiger partial charge >= 0.3 is 16.4 Å². The molecule has 31 nitrogen and oxygen atoms in total. The number of carboxylic acid groups (broad SMARTS) is 1. The number of hydrogen-bond donors (Lipinski definition) is 11. The molecule has 4 aromatic carbocycles. The predicted octanol–water partition coefficient (Wildman–Crippen LogP) is 2.26. The van der Waals surface area contributed by atoms with Gasteiger partial charge in [-0.1, -0.05) is 0 Å². The first-order valence-electron chi connectivity index (χ1n) is 17.3. The Morgan fingerprint density at radius 2 is 1.14 bits per heavy atom. The van der Waals surface area contributed by atoms with Crippen molar-refractivity contribution in [1.82, 2.24) is 15.0 Å². The molecule has 0 radical (unpaired) electrons. The third kappa shape index (κ3) is 14.0. The number of amidine groups is 1. The lowest BCUT2D eigenvalue weighted by Crippen LogP contribution is -2.16. The molecule has 38 heteroatoms. The summed E-state index contributed by atoms with van der Waals surface area (Å²) in [6.45, 7) is -1.19. The lowest BCUT2D eigenvalue weighted by molar-refractivity contribution is 0.0697. The molecule has 0 aliphatic carbocycles. The van der Waals surface area contributed by atoms with Gasteiger partial charge in [-0.2, -0.15) is 62.1 Å². The van der Waals surface area contributed by atoms with Crippen LogP contribution < -0.4 is 16.1 Å². The van der Waals surface area contributed by atoms with E-state index in [2.05, 4.69) is 50.5 Å². The summed E-state index contributed by atoms with van der Waals surface area (Å²) in [5.41, 5.74) is -1.80. The maximum absolute atomic E-state index is 13.0. The van der Waals surface area contributed by atoms with Crippen LogP contribution in [0.15, 0.2) is 107 Å². The van der Waals surface area contributed by atoms with Gasteiger partial charge in [-0.25, -0.2) is 17.4 Å². The van der Waals surface area contributed by atoms with E-state index >= 15 is 0 Å². The Hall–Kier alpha value is -6.62. The standard InChI is InChI=1S/C31H26ClN9O22S6/c32-29-35-30(37-31(36-29)34-22-10-17(13-24(26(22)43)68(57,58)59)64(46,47)8-7-63-69(60,61)62)33-21-11-18(67(54,55)56)12-23(25(21)42)39-41-27(14-1-3-15(4-2-14)65(48,49)50)40-38-20-9-16(66(51,52)53)5-6-19(20)28(44)45/h1-6,9-13,39,42-43H,7-8H2,(H,44,45)(H,48,49,50)(H,51,52,53)(H,54,55,56)(H,57,58,59)(H,60,61,62)(H2,33,34,35,36,37). The van der Waals surface area contributed by atoms with Crippen LogP contribution in [-0.2, 0) is 64.9 Å². The second-order valence-electron chi connectivity index (χ2n) is 12.9. The molecule has 0 aliphatic heterocycles. The first-order valence-corrected chi connectivity index (χ1v) is 26.5. The van der Waals surface area contributed by atoms with Crippen molar-refractivity contribution in [2.75, 3.05) is 28.4 Å². The van der Waals surface area contributed by atoms with Gasteiger partial charge in [0.05, 0.1) is 48.9 Å². The molecule has 0 fully saturated rings. The Bertz CT molecular complexity index is 3680. The van der Waals surface area contributed by atoms with Crippen LogP contribution in [0, 0.1) is 0 Å². The maximum atomic E-state index is 13.0. The summed E-state index contributed by atoms with van der Waals surface area (Å²) < 4.78 is 195. The largest absolute Gasteiger partial charge is 0.504 e. The van der Waals surface area contributed by atoms with Gasteiger partial charge in [0.1, 0.15) is 16.3 Å². The molecule has 0 saturated carbocycles. The molecule has 5 rings (SSSR count). The quantitative estimate of drug-likeness (QED) is 0.0150. The van der Waals surface area contributed by atoms with Gasteiger partial charge in [-0.15, -0.1) is 10.2 Å². The highest BCUT2D eigenvalue weighted by molar-refractivity contribution is 7.91. The lowest BCUT2D eigenvalue weighted by Gasteiger charge is -2.15. The van der Waals surface area contributed by atoms with Crippen molar-refractivity contribution in [1.29, 1.82) is 0 Å². The van der Waals surface area contributed by atoms with E-state index in [1.807, 2.05) is 0 Å². The van der Waals surface area contributed by atoms with E-state index in [1.165, 1.54) is 0 Å². The van der Waals surface area contributed by atoms with E-state index in [0.29, 0.717) is 24.3 Å². The fourth-order valence-corrected chi connectivity index (χ4v) is 9.04. The first kappa shape index (κ1) is 53.3. The number of aromatic hydroxyl groups is 2. The molecule has 1 aromatic heterocycles. The van der Waals surface area contributed by atoms with Gasteiger partial charge in [-0.05, 0) is 78.3 Å². The van der Waals surface area contributed by atoms with Crippen LogP contribution in [0.3, 0.4) is 0 Å². The van der Waals surface area contributed by atoms with Crippen LogP contribution in [-0.4, -0.2) is 128 Å². The van der Waals surface area contributed by atoms with E-state index in [-0.39, 0.29) is 11.6 Å². The molecule has 5 aromatic rings. The Labute approximate surface area is 392 Å². The summed E-state index contributed by atoms with van der Waals surface area (Å²) in [7, 11) is -30.3. The molecule has 0 saturated heterocycles.